The van der Waals surface area contributed by atoms with Gasteiger partial charge in [0, 0.05) is 48.1 Å². The van der Waals surface area contributed by atoms with Gasteiger partial charge in [0.05, 0.1) is 16.6 Å². The van der Waals surface area contributed by atoms with Crippen LogP contribution >= 0.6 is 11.3 Å². The van der Waals surface area contributed by atoms with Gasteiger partial charge in [-0.3, -0.25) is 9.55 Å². The Morgan fingerprint density at radius 3 is 1.83 bits per heavy atom. The Morgan fingerprint density at radius 2 is 1.08 bits per heavy atom. The van der Waals surface area contributed by atoms with Gasteiger partial charge in [-0.15, -0.1) is 11.3 Å². The Balaban J connectivity index is 1.27. The van der Waals surface area contributed by atoms with Crippen LogP contribution in [-0.2, 0) is 0 Å². The molecule has 11 rings (SSSR count). The smallest absolute Gasteiger partial charge is 0.235 e. The van der Waals surface area contributed by atoms with E-state index < -0.39 is 0 Å². The predicted octanol–water partition coefficient (Wildman–Crippen LogP) is 12.6. The van der Waals surface area contributed by atoms with E-state index in [-0.39, 0.29) is 0 Å². The molecule has 4 aromatic heterocycles. The Morgan fingerprint density at radius 1 is 0.462 bits per heavy atom. The summed E-state index contributed by atoms with van der Waals surface area (Å²) in [6.45, 7) is 0. The highest BCUT2D eigenvalue weighted by atomic mass is 32.1. The molecule has 0 saturated carbocycles. The zero-order chi connectivity index (χ0) is 34.2. The largest absolute Gasteiger partial charge is 0.277 e. The van der Waals surface area contributed by atoms with E-state index in [1.807, 2.05) is 29.7 Å². The van der Waals surface area contributed by atoms with Gasteiger partial charge in [0.1, 0.15) is 11.2 Å². The third-order valence-electron chi connectivity index (χ3n) is 10.2. The second kappa shape index (κ2) is 11.4. The number of hydrogen-bond acceptors (Lipinski definition) is 4. The number of nitrogens with zero attached hydrogens (tertiary/aromatic N) is 4. The number of benzene rings is 7. The Labute approximate surface area is 302 Å². The minimum absolute atomic E-state index is 0.624. The first kappa shape index (κ1) is 29.1. The van der Waals surface area contributed by atoms with Crippen LogP contribution in [0.5, 0.6) is 0 Å². The number of hydrogen-bond donors (Lipinski definition) is 0. The van der Waals surface area contributed by atoms with E-state index in [0.29, 0.717) is 5.95 Å². The van der Waals surface area contributed by atoms with Crippen molar-refractivity contribution in [2.24, 2.45) is 0 Å². The van der Waals surface area contributed by atoms with Gasteiger partial charge in [-0.05, 0) is 70.1 Å². The van der Waals surface area contributed by atoms with Crippen molar-refractivity contribution < 1.29 is 0 Å². The van der Waals surface area contributed by atoms with E-state index in [1.54, 1.807) is 0 Å². The van der Waals surface area contributed by atoms with E-state index in [0.717, 1.165) is 55.6 Å². The molecule has 0 aliphatic carbocycles. The van der Waals surface area contributed by atoms with Crippen LogP contribution in [0.4, 0.5) is 0 Å². The van der Waals surface area contributed by atoms with Crippen LogP contribution in [0.15, 0.2) is 170 Å². The SMILES string of the molecule is c1ccc(-c2cc(-c3ccccc3)cc(-c3nc(-n4c5ccccc5c5c6sc7ccccc7c6c6ccccc6c54)nc4cccnc34)c2)cc1. The van der Waals surface area contributed by atoms with Crippen molar-refractivity contribution in [1.29, 1.82) is 0 Å². The quantitative estimate of drug-likeness (QED) is 0.186. The first-order chi connectivity index (χ1) is 25.8. The fraction of sp³-hybridized carbons (Fsp3) is 0. The standard InChI is InChI=1S/C47H28N4S/c1-3-14-29(15-4-1)31-26-32(30-16-5-2-6-17-30)28-33(27-31)43-44-38(22-13-25-48-44)49-47(50-43)51-39-23-11-9-20-36(39)42-45(51)35-19-8-7-18-34(35)41-37-21-10-12-24-40(37)52-46(41)42/h1-28H. The number of thiophene rings is 1. The Kier molecular flexibility index (Phi) is 6.39. The lowest BCUT2D eigenvalue weighted by Gasteiger charge is -2.14. The van der Waals surface area contributed by atoms with Crippen LogP contribution in [0.25, 0.3) is 103 Å². The molecule has 5 heteroatoms. The lowest BCUT2D eigenvalue weighted by molar-refractivity contribution is 1.01. The monoisotopic (exact) mass is 680 g/mol. The summed E-state index contributed by atoms with van der Waals surface area (Å²) in [6, 6.07) is 58.1. The normalized spacial score (nSPS) is 11.8. The minimum Gasteiger partial charge on any atom is -0.277 e. The van der Waals surface area contributed by atoms with Crippen molar-refractivity contribution >= 4 is 75.1 Å². The maximum atomic E-state index is 5.51. The topological polar surface area (TPSA) is 43.6 Å². The average Bonchev–Trinajstić information content (AvgIpc) is 3.78. The number of aromatic nitrogens is 4. The van der Waals surface area contributed by atoms with Gasteiger partial charge in [-0.1, -0.05) is 121 Å². The van der Waals surface area contributed by atoms with Crippen molar-refractivity contribution in [2.45, 2.75) is 0 Å². The summed E-state index contributed by atoms with van der Waals surface area (Å²) in [6.07, 6.45) is 1.83. The van der Waals surface area contributed by atoms with Crippen LogP contribution < -0.4 is 0 Å². The highest BCUT2D eigenvalue weighted by Gasteiger charge is 2.24. The summed E-state index contributed by atoms with van der Waals surface area (Å²) in [5.41, 5.74) is 10.1. The molecule has 0 radical (unpaired) electrons. The summed E-state index contributed by atoms with van der Waals surface area (Å²) in [5, 5.41) is 7.44. The van der Waals surface area contributed by atoms with Crippen molar-refractivity contribution in [2.75, 3.05) is 0 Å². The molecular weight excluding hydrogens is 653 g/mol. The fourth-order valence-electron chi connectivity index (χ4n) is 7.94. The number of rotatable bonds is 4. The van der Waals surface area contributed by atoms with Crippen LogP contribution in [0, 0.1) is 0 Å². The summed E-state index contributed by atoms with van der Waals surface area (Å²) >= 11 is 1.87. The van der Waals surface area contributed by atoms with Crippen LogP contribution in [0.3, 0.4) is 0 Å². The molecule has 242 valence electrons. The Hall–Kier alpha value is -6.69. The third-order valence-corrected chi connectivity index (χ3v) is 11.4. The fourth-order valence-corrected chi connectivity index (χ4v) is 9.22. The summed E-state index contributed by atoms with van der Waals surface area (Å²) in [7, 11) is 0. The van der Waals surface area contributed by atoms with E-state index in [4.69, 9.17) is 15.0 Å². The summed E-state index contributed by atoms with van der Waals surface area (Å²) in [4.78, 5) is 15.7. The zero-order valence-corrected chi connectivity index (χ0v) is 28.7. The second-order valence-corrected chi connectivity index (χ2v) is 14.3. The van der Waals surface area contributed by atoms with Crippen molar-refractivity contribution in [3.05, 3.63) is 170 Å². The van der Waals surface area contributed by atoms with Gasteiger partial charge in [-0.25, -0.2) is 9.97 Å². The molecule has 0 atom stereocenters. The van der Waals surface area contributed by atoms with Crippen molar-refractivity contribution in [1.82, 2.24) is 19.5 Å². The van der Waals surface area contributed by atoms with E-state index in [9.17, 15) is 0 Å². The van der Waals surface area contributed by atoms with Crippen LogP contribution in [-0.4, -0.2) is 19.5 Å². The van der Waals surface area contributed by atoms with Gasteiger partial charge in [-0.2, -0.15) is 0 Å². The second-order valence-electron chi connectivity index (χ2n) is 13.2. The van der Waals surface area contributed by atoms with Crippen LogP contribution in [0.1, 0.15) is 0 Å². The minimum atomic E-state index is 0.624. The molecule has 11 aromatic rings. The molecule has 0 saturated heterocycles. The molecule has 0 spiro atoms. The van der Waals surface area contributed by atoms with Gasteiger partial charge in [0.2, 0.25) is 5.95 Å². The van der Waals surface area contributed by atoms with E-state index in [1.165, 1.54) is 41.7 Å². The van der Waals surface area contributed by atoms with Crippen LogP contribution in [0.2, 0.25) is 0 Å². The summed E-state index contributed by atoms with van der Waals surface area (Å²) < 4.78 is 4.86. The molecule has 0 N–H and O–H groups in total. The molecule has 52 heavy (non-hydrogen) atoms. The first-order valence-electron chi connectivity index (χ1n) is 17.4. The highest BCUT2D eigenvalue weighted by molar-refractivity contribution is 7.27. The maximum Gasteiger partial charge on any atom is 0.235 e. The predicted molar refractivity (Wildman–Crippen MR) is 218 cm³/mol. The van der Waals surface area contributed by atoms with Gasteiger partial charge in [0.15, 0.2) is 0 Å². The summed E-state index contributed by atoms with van der Waals surface area (Å²) in [5.74, 6) is 0.624. The van der Waals surface area contributed by atoms with Gasteiger partial charge >= 0.3 is 0 Å². The van der Waals surface area contributed by atoms with Crippen molar-refractivity contribution in [3.63, 3.8) is 0 Å². The van der Waals surface area contributed by atoms with E-state index in [2.05, 4.69) is 156 Å². The molecule has 0 fully saturated rings. The lowest BCUT2D eigenvalue weighted by Crippen LogP contribution is -2.04. The van der Waals surface area contributed by atoms with Gasteiger partial charge in [0.25, 0.3) is 0 Å². The zero-order valence-electron chi connectivity index (χ0n) is 27.9. The van der Waals surface area contributed by atoms with Crippen molar-refractivity contribution in [3.8, 4) is 39.5 Å². The molecule has 0 aliphatic heterocycles. The molecular formula is C47H28N4S. The molecule has 0 unspecified atom stereocenters. The molecule has 7 aromatic carbocycles. The first-order valence-corrected chi connectivity index (χ1v) is 18.3. The molecule has 0 amide bonds. The third kappa shape index (κ3) is 4.36. The average molecular weight is 681 g/mol. The Bertz CT molecular complexity index is 3120. The number of para-hydroxylation sites is 1. The molecule has 4 nitrogen and oxygen atoms in total. The van der Waals surface area contributed by atoms with Gasteiger partial charge < -0.3 is 0 Å². The molecule has 0 bridgehead atoms. The van der Waals surface area contributed by atoms with E-state index >= 15 is 0 Å². The highest BCUT2D eigenvalue weighted by Crippen LogP contribution is 2.48. The molecule has 4 heterocycles. The lowest BCUT2D eigenvalue weighted by atomic mass is 9.94. The maximum absolute atomic E-state index is 5.51. The number of fused-ring (bicyclic) bond motifs is 11. The number of pyridine rings is 1. The molecule has 0 aliphatic rings.